The Bertz CT molecular complexity index is 535. The first-order valence-corrected chi connectivity index (χ1v) is 6.78. The van der Waals surface area contributed by atoms with E-state index in [2.05, 4.69) is 24.4 Å². The van der Waals surface area contributed by atoms with Gasteiger partial charge in [-0.05, 0) is 38.0 Å². The molecular formula is C15H17NOS. The standard InChI is InChI=1S/C15H17NOS/c1-10-4-6-13(7-5-10)9-16-15(17)14-8-11(2)12(3)18-14/h4-8H,9H2,1-3H3,(H,16,17). The van der Waals surface area contributed by atoms with Gasteiger partial charge < -0.3 is 5.32 Å². The third-order valence-electron chi connectivity index (χ3n) is 2.96. The van der Waals surface area contributed by atoms with Crippen LogP contribution in [0.4, 0.5) is 0 Å². The van der Waals surface area contributed by atoms with Gasteiger partial charge in [0.15, 0.2) is 0 Å². The summed E-state index contributed by atoms with van der Waals surface area (Å²) in [7, 11) is 0. The Kier molecular flexibility index (Phi) is 3.82. The van der Waals surface area contributed by atoms with Crippen LogP contribution in [0.3, 0.4) is 0 Å². The van der Waals surface area contributed by atoms with E-state index in [1.807, 2.05) is 32.0 Å². The van der Waals surface area contributed by atoms with Gasteiger partial charge in [-0.2, -0.15) is 0 Å². The van der Waals surface area contributed by atoms with Crippen molar-refractivity contribution in [2.24, 2.45) is 0 Å². The zero-order chi connectivity index (χ0) is 13.1. The molecule has 0 spiro atoms. The van der Waals surface area contributed by atoms with Crippen LogP contribution in [0.1, 0.15) is 31.2 Å². The molecule has 0 bridgehead atoms. The number of carbonyl (C=O) groups excluding carboxylic acids is 1. The summed E-state index contributed by atoms with van der Waals surface area (Å²) in [5, 5.41) is 2.95. The fourth-order valence-electron chi connectivity index (χ4n) is 1.66. The van der Waals surface area contributed by atoms with E-state index in [1.54, 1.807) is 11.3 Å². The zero-order valence-corrected chi connectivity index (χ0v) is 11.7. The van der Waals surface area contributed by atoms with E-state index in [0.717, 1.165) is 10.4 Å². The van der Waals surface area contributed by atoms with Gasteiger partial charge in [0.1, 0.15) is 0 Å². The molecular weight excluding hydrogens is 242 g/mol. The highest BCUT2D eigenvalue weighted by Crippen LogP contribution is 2.20. The van der Waals surface area contributed by atoms with Gasteiger partial charge in [-0.1, -0.05) is 29.8 Å². The lowest BCUT2D eigenvalue weighted by molar-refractivity contribution is 0.0955. The predicted molar refractivity (Wildman–Crippen MR) is 76.1 cm³/mol. The Balaban J connectivity index is 1.98. The summed E-state index contributed by atoms with van der Waals surface area (Å²) in [4.78, 5) is 13.9. The molecule has 1 amide bonds. The van der Waals surface area contributed by atoms with Gasteiger partial charge in [-0.25, -0.2) is 0 Å². The first kappa shape index (κ1) is 12.8. The maximum absolute atomic E-state index is 11.9. The lowest BCUT2D eigenvalue weighted by Gasteiger charge is -2.04. The van der Waals surface area contributed by atoms with Gasteiger partial charge in [-0.3, -0.25) is 4.79 Å². The number of hydrogen-bond donors (Lipinski definition) is 1. The number of aryl methyl sites for hydroxylation is 3. The molecule has 1 heterocycles. The Morgan fingerprint density at radius 3 is 2.39 bits per heavy atom. The van der Waals surface area contributed by atoms with Gasteiger partial charge in [0.05, 0.1) is 4.88 Å². The van der Waals surface area contributed by atoms with Gasteiger partial charge in [0, 0.05) is 11.4 Å². The largest absolute Gasteiger partial charge is 0.347 e. The third kappa shape index (κ3) is 2.99. The molecule has 0 fully saturated rings. The Morgan fingerprint density at radius 2 is 1.83 bits per heavy atom. The van der Waals surface area contributed by atoms with Crippen LogP contribution in [0.25, 0.3) is 0 Å². The van der Waals surface area contributed by atoms with Crippen molar-refractivity contribution in [2.75, 3.05) is 0 Å². The summed E-state index contributed by atoms with van der Waals surface area (Å²) in [5.41, 5.74) is 3.54. The van der Waals surface area contributed by atoms with Gasteiger partial charge >= 0.3 is 0 Å². The van der Waals surface area contributed by atoms with Crippen molar-refractivity contribution < 1.29 is 4.79 Å². The molecule has 2 nitrogen and oxygen atoms in total. The molecule has 0 radical (unpaired) electrons. The number of carbonyl (C=O) groups is 1. The summed E-state index contributed by atoms with van der Waals surface area (Å²) in [5.74, 6) is 0.0109. The molecule has 2 rings (SSSR count). The number of amides is 1. The Labute approximate surface area is 112 Å². The first-order chi connectivity index (χ1) is 8.56. The van der Waals surface area contributed by atoms with E-state index in [-0.39, 0.29) is 5.91 Å². The number of rotatable bonds is 3. The van der Waals surface area contributed by atoms with Crippen molar-refractivity contribution in [1.82, 2.24) is 5.32 Å². The fraction of sp³-hybridized carbons (Fsp3) is 0.267. The van der Waals surface area contributed by atoms with Crippen molar-refractivity contribution in [1.29, 1.82) is 0 Å². The van der Waals surface area contributed by atoms with Crippen LogP contribution in [0.5, 0.6) is 0 Å². The average molecular weight is 259 g/mol. The maximum atomic E-state index is 11.9. The Morgan fingerprint density at radius 1 is 1.17 bits per heavy atom. The average Bonchev–Trinajstić information content (AvgIpc) is 2.69. The lowest BCUT2D eigenvalue weighted by Crippen LogP contribution is -2.21. The van der Waals surface area contributed by atoms with E-state index in [0.29, 0.717) is 6.54 Å². The minimum Gasteiger partial charge on any atom is -0.347 e. The highest BCUT2D eigenvalue weighted by molar-refractivity contribution is 7.14. The number of hydrogen-bond acceptors (Lipinski definition) is 2. The molecule has 1 N–H and O–H groups in total. The third-order valence-corrected chi connectivity index (χ3v) is 4.11. The van der Waals surface area contributed by atoms with E-state index < -0.39 is 0 Å². The van der Waals surface area contributed by atoms with E-state index in [4.69, 9.17) is 0 Å². The second-order valence-corrected chi connectivity index (χ2v) is 5.77. The number of thiophene rings is 1. The number of benzene rings is 1. The molecule has 1 aromatic carbocycles. The van der Waals surface area contributed by atoms with Crippen molar-refractivity contribution in [2.45, 2.75) is 27.3 Å². The van der Waals surface area contributed by atoms with Crippen LogP contribution in [-0.2, 0) is 6.54 Å². The second kappa shape index (κ2) is 5.36. The first-order valence-electron chi connectivity index (χ1n) is 5.97. The number of nitrogens with one attached hydrogen (secondary N) is 1. The lowest BCUT2D eigenvalue weighted by atomic mass is 10.1. The minimum atomic E-state index is 0.0109. The van der Waals surface area contributed by atoms with Gasteiger partial charge in [0.2, 0.25) is 0 Å². The molecule has 0 atom stereocenters. The molecule has 1 aromatic heterocycles. The minimum absolute atomic E-state index is 0.0109. The molecule has 3 heteroatoms. The zero-order valence-electron chi connectivity index (χ0n) is 10.9. The van der Waals surface area contributed by atoms with E-state index in [9.17, 15) is 4.79 Å². The fourth-order valence-corrected chi connectivity index (χ4v) is 2.61. The summed E-state index contributed by atoms with van der Waals surface area (Å²) < 4.78 is 0. The van der Waals surface area contributed by atoms with Crippen LogP contribution >= 0.6 is 11.3 Å². The SMILES string of the molecule is Cc1ccc(CNC(=O)c2cc(C)c(C)s2)cc1. The van der Waals surface area contributed by atoms with Crippen molar-refractivity contribution >= 4 is 17.2 Å². The van der Waals surface area contributed by atoms with Crippen LogP contribution < -0.4 is 5.32 Å². The van der Waals surface area contributed by atoms with Crippen LogP contribution in [0.15, 0.2) is 30.3 Å². The molecule has 0 aliphatic rings. The predicted octanol–water partition coefficient (Wildman–Crippen LogP) is 3.60. The quantitative estimate of drug-likeness (QED) is 0.896. The van der Waals surface area contributed by atoms with Crippen LogP contribution in [0.2, 0.25) is 0 Å². The van der Waals surface area contributed by atoms with Crippen molar-refractivity contribution in [3.63, 3.8) is 0 Å². The summed E-state index contributed by atoms with van der Waals surface area (Å²) in [6, 6.07) is 10.1. The molecule has 0 unspecified atom stereocenters. The molecule has 0 saturated heterocycles. The highest BCUT2D eigenvalue weighted by Gasteiger charge is 2.09. The highest BCUT2D eigenvalue weighted by atomic mass is 32.1. The molecule has 18 heavy (non-hydrogen) atoms. The molecule has 2 aromatic rings. The van der Waals surface area contributed by atoms with Gasteiger partial charge in [-0.15, -0.1) is 11.3 Å². The molecule has 0 aliphatic heterocycles. The van der Waals surface area contributed by atoms with Crippen molar-refractivity contribution in [3.05, 3.63) is 56.8 Å². The topological polar surface area (TPSA) is 29.1 Å². The van der Waals surface area contributed by atoms with Gasteiger partial charge in [0.25, 0.3) is 5.91 Å². The van der Waals surface area contributed by atoms with Crippen LogP contribution in [0, 0.1) is 20.8 Å². The molecule has 94 valence electrons. The summed E-state index contributed by atoms with van der Waals surface area (Å²) >= 11 is 1.55. The maximum Gasteiger partial charge on any atom is 0.261 e. The molecule has 0 aliphatic carbocycles. The summed E-state index contributed by atoms with van der Waals surface area (Å²) in [6.07, 6.45) is 0. The normalized spacial score (nSPS) is 10.4. The van der Waals surface area contributed by atoms with Crippen LogP contribution in [-0.4, -0.2) is 5.91 Å². The summed E-state index contributed by atoms with van der Waals surface area (Å²) in [6.45, 7) is 6.70. The Hall–Kier alpha value is -1.61. The van der Waals surface area contributed by atoms with E-state index in [1.165, 1.54) is 16.0 Å². The van der Waals surface area contributed by atoms with E-state index >= 15 is 0 Å². The second-order valence-electron chi connectivity index (χ2n) is 4.52. The molecule has 0 saturated carbocycles. The monoisotopic (exact) mass is 259 g/mol. The van der Waals surface area contributed by atoms with Crippen molar-refractivity contribution in [3.8, 4) is 0 Å². The smallest absolute Gasteiger partial charge is 0.261 e.